The highest BCUT2D eigenvalue weighted by molar-refractivity contribution is 7.90. The first-order chi connectivity index (χ1) is 8.47. The van der Waals surface area contributed by atoms with Crippen molar-refractivity contribution in [3.05, 3.63) is 24.3 Å². The van der Waals surface area contributed by atoms with Gasteiger partial charge < -0.3 is 4.74 Å². The summed E-state index contributed by atoms with van der Waals surface area (Å²) >= 11 is 0. The molecule has 1 aliphatic carbocycles. The molecule has 5 heteroatoms. The van der Waals surface area contributed by atoms with Crippen LogP contribution in [-0.2, 0) is 14.6 Å². The third kappa shape index (κ3) is 3.10. The lowest BCUT2D eigenvalue weighted by Gasteiger charge is -2.21. The summed E-state index contributed by atoms with van der Waals surface area (Å²) in [6.07, 6.45) is 4.04. The van der Waals surface area contributed by atoms with E-state index in [0.717, 1.165) is 25.5 Å². The molecule has 0 heterocycles. The van der Waals surface area contributed by atoms with E-state index in [4.69, 9.17) is 4.74 Å². The van der Waals surface area contributed by atoms with Crippen molar-refractivity contribution in [2.45, 2.75) is 36.7 Å². The third-order valence-electron chi connectivity index (χ3n) is 3.03. The lowest BCUT2D eigenvalue weighted by Crippen LogP contribution is -2.30. The molecule has 1 aliphatic rings. The van der Waals surface area contributed by atoms with Crippen molar-refractivity contribution < 1.29 is 17.9 Å². The molecule has 2 rings (SSSR count). The van der Waals surface area contributed by atoms with Gasteiger partial charge in [-0.05, 0) is 43.5 Å². The third-order valence-corrected chi connectivity index (χ3v) is 4.16. The molecule has 0 spiro atoms. The molecular weight excluding hydrogens is 252 g/mol. The van der Waals surface area contributed by atoms with Gasteiger partial charge in [-0.15, -0.1) is 0 Å². The van der Waals surface area contributed by atoms with Crippen LogP contribution in [0.25, 0.3) is 0 Å². The fourth-order valence-electron chi connectivity index (χ4n) is 2.01. The number of carbonyl (C=O) groups is 1. The van der Waals surface area contributed by atoms with Crippen molar-refractivity contribution >= 4 is 15.6 Å². The van der Waals surface area contributed by atoms with Crippen LogP contribution in [0.2, 0.25) is 0 Å². The standard InChI is InChI=1S/C13H16O4S/c1-18(15,16)11-8-6-10(7-9-11)17-13-5-3-2-4-12(13)14/h6-9,13H,2-5H2,1H3. The Hall–Kier alpha value is -1.36. The number of hydrogen-bond acceptors (Lipinski definition) is 4. The molecule has 18 heavy (non-hydrogen) atoms. The van der Waals surface area contributed by atoms with E-state index in [1.807, 2.05) is 0 Å². The number of carbonyl (C=O) groups excluding carboxylic acids is 1. The molecule has 1 saturated carbocycles. The van der Waals surface area contributed by atoms with Crippen molar-refractivity contribution in [1.29, 1.82) is 0 Å². The lowest BCUT2D eigenvalue weighted by atomic mass is 9.96. The van der Waals surface area contributed by atoms with Gasteiger partial charge in [0.15, 0.2) is 21.7 Å². The Morgan fingerprint density at radius 1 is 1.17 bits per heavy atom. The zero-order valence-electron chi connectivity index (χ0n) is 10.3. The molecule has 0 aromatic heterocycles. The summed E-state index contributed by atoms with van der Waals surface area (Å²) in [6.45, 7) is 0. The van der Waals surface area contributed by atoms with Gasteiger partial charge >= 0.3 is 0 Å². The van der Waals surface area contributed by atoms with Gasteiger partial charge in [-0.2, -0.15) is 0 Å². The molecule has 1 atom stereocenters. The smallest absolute Gasteiger partial charge is 0.175 e. The SMILES string of the molecule is CS(=O)(=O)c1ccc(OC2CCCCC2=O)cc1. The Balaban J connectivity index is 2.08. The van der Waals surface area contributed by atoms with Gasteiger partial charge in [0, 0.05) is 12.7 Å². The quantitative estimate of drug-likeness (QED) is 0.841. The molecule has 0 amide bonds. The lowest BCUT2D eigenvalue weighted by molar-refractivity contribution is -0.127. The topological polar surface area (TPSA) is 60.4 Å². The molecular formula is C13H16O4S. The Labute approximate surface area is 107 Å². The zero-order chi connectivity index (χ0) is 13.2. The predicted octanol–water partition coefficient (Wildman–Crippen LogP) is 1.98. The van der Waals surface area contributed by atoms with E-state index >= 15 is 0 Å². The minimum Gasteiger partial charge on any atom is -0.483 e. The van der Waals surface area contributed by atoms with Crippen molar-refractivity contribution in [3.8, 4) is 5.75 Å². The Bertz CT molecular complexity index is 531. The van der Waals surface area contributed by atoms with Gasteiger partial charge in [-0.25, -0.2) is 8.42 Å². The maximum absolute atomic E-state index is 11.6. The number of rotatable bonds is 3. The summed E-state index contributed by atoms with van der Waals surface area (Å²) in [4.78, 5) is 11.9. The average molecular weight is 268 g/mol. The molecule has 0 aliphatic heterocycles. The van der Waals surface area contributed by atoms with Gasteiger partial charge in [-0.1, -0.05) is 0 Å². The summed E-state index contributed by atoms with van der Waals surface area (Å²) in [5.74, 6) is 0.677. The zero-order valence-corrected chi connectivity index (χ0v) is 11.1. The summed E-state index contributed by atoms with van der Waals surface area (Å²) in [5, 5.41) is 0. The van der Waals surface area contributed by atoms with Crippen molar-refractivity contribution in [3.63, 3.8) is 0 Å². The number of sulfone groups is 1. The molecule has 4 nitrogen and oxygen atoms in total. The van der Waals surface area contributed by atoms with Crippen LogP contribution in [0.5, 0.6) is 5.75 Å². The number of hydrogen-bond donors (Lipinski definition) is 0. The summed E-state index contributed by atoms with van der Waals surface area (Å²) in [5.41, 5.74) is 0. The monoisotopic (exact) mass is 268 g/mol. The van der Waals surface area contributed by atoms with Crippen molar-refractivity contribution in [2.24, 2.45) is 0 Å². The van der Waals surface area contributed by atoms with E-state index in [-0.39, 0.29) is 16.8 Å². The fourth-order valence-corrected chi connectivity index (χ4v) is 2.64. The van der Waals surface area contributed by atoms with E-state index in [1.165, 1.54) is 12.1 Å². The molecule has 0 radical (unpaired) electrons. The van der Waals surface area contributed by atoms with Crippen LogP contribution in [0.15, 0.2) is 29.2 Å². The van der Waals surface area contributed by atoms with Crippen LogP contribution >= 0.6 is 0 Å². The van der Waals surface area contributed by atoms with Crippen LogP contribution in [0.4, 0.5) is 0 Å². The van der Waals surface area contributed by atoms with Gasteiger partial charge in [0.2, 0.25) is 0 Å². The van der Waals surface area contributed by atoms with Crippen LogP contribution in [0, 0.1) is 0 Å². The van der Waals surface area contributed by atoms with Crippen molar-refractivity contribution in [2.75, 3.05) is 6.26 Å². The molecule has 1 fully saturated rings. The van der Waals surface area contributed by atoms with E-state index in [9.17, 15) is 13.2 Å². The van der Waals surface area contributed by atoms with Crippen LogP contribution in [-0.4, -0.2) is 26.6 Å². The maximum Gasteiger partial charge on any atom is 0.175 e. The fraction of sp³-hybridized carbons (Fsp3) is 0.462. The van der Waals surface area contributed by atoms with Crippen LogP contribution in [0.3, 0.4) is 0 Å². The van der Waals surface area contributed by atoms with E-state index in [2.05, 4.69) is 0 Å². The molecule has 1 unspecified atom stereocenters. The summed E-state index contributed by atoms with van der Waals surface area (Å²) in [7, 11) is -3.19. The van der Waals surface area contributed by atoms with Gasteiger partial charge in [-0.3, -0.25) is 4.79 Å². The van der Waals surface area contributed by atoms with Crippen molar-refractivity contribution in [1.82, 2.24) is 0 Å². The highest BCUT2D eigenvalue weighted by Crippen LogP contribution is 2.22. The van der Waals surface area contributed by atoms with E-state index < -0.39 is 9.84 Å². The van der Waals surface area contributed by atoms with Crippen LogP contribution in [0.1, 0.15) is 25.7 Å². The molecule has 0 saturated heterocycles. The number of benzene rings is 1. The van der Waals surface area contributed by atoms with Gasteiger partial charge in [0.1, 0.15) is 5.75 Å². The number of ketones is 1. The van der Waals surface area contributed by atoms with E-state index in [0.29, 0.717) is 12.2 Å². The minimum atomic E-state index is -3.19. The number of ether oxygens (including phenoxy) is 1. The predicted molar refractivity (Wildman–Crippen MR) is 67.4 cm³/mol. The second-order valence-corrected chi connectivity index (χ2v) is 6.58. The average Bonchev–Trinajstić information content (AvgIpc) is 2.32. The second kappa shape index (κ2) is 5.10. The largest absolute Gasteiger partial charge is 0.483 e. The number of Topliss-reactive ketones (excluding diaryl/α,β-unsaturated/α-hetero) is 1. The first kappa shape index (κ1) is 13.1. The summed E-state index contributed by atoms with van der Waals surface area (Å²) < 4.78 is 28.2. The van der Waals surface area contributed by atoms with Crippen LogP contribution < -0.4 is 4.74 Å². The van der Waals surface area contributed by atoms with Gasteiger partial charge in [0.25, 0.3) is 0 Å². The highest BCUT2D eigenvalue weighted by atomic mass is 32.2. The second-order valence-electron chi connectivity index (χ2n) is 4.56. The maximum atomic E-state index is 11.6. The molecule has 1 aromatic carbocycles. The summed E-state index contributed by atoms with van der Waals surface area (Å²) in [6, 6.07) is 6.19. The molecule has 0 bridgehead atoms. The minimum absolute atomic E-state index is 0.133. The Morgan fingerprint density at radius 3 is 2.39 bits per heavy atom. The Kier molecular flexibility index (Phi) is 3.71. The van der Waals surface area contributed by atoms with Gasteiger partial charge in [0.05, 0.1) is 4.90 Å². The Morgan fingerprint density at radius 2 is 1.83 bits per heavy atom. The first-order valence-electron chi connectivity index (χ1n) is 5.96. The van der Waals surface area contributed by atoms with E-state index in [1.54, 1.807) is 12.1 Å². The normalized spacial score (nSPS) is 20.7. The molecule has 1 aromatic rings. The molecule has 0 N–H and O–H groups in total. The first-order valence-corrected chi connectivity index (χ1v) is 7.85. The molecule has 98 valence electrons. The highest BCUT2D eigenvalue weighted by Gasteiger charge is 2.23.